The maximum atomic E-state index is 13.4. The quantitative estimate of drug-likeness (QED) is 0.402. The van der Waals surface area contributed by atoms with E-state index in [0.717, 1.165) is 15.8 Å². The molecule has 0 aliphatic carbocycles. The van der Waals surface area contributed by atoms with Crippen LogP contribution < -0.4 is 20.3 Å². The minimum absolute atomic E-state index is 0.0797. The first kappa shape index (κ1) is 23.4. The summed E-state index contributed by atoms with van der Waals surface area (Å²) in [7, 11) is -3.08. The van der Waals surface area contributed by atoms with E-state index >= 15 is 0 Å². The summed E-state index contributed by atoms with van der Waals surface area (Å²) in [5.41, 5.74) is 1.92. The van der Waals surface area contributed by atoms with Crippen LogP contribution in [0.15, 0.2) is 66.2 Å². The predicted molar refractivity (Wildman–Crippen MR) is 143 cm³/mol. The number of hydrogen-bond donors (Lipinski definition) is 2. The lowest BCUT2D eigenvalue weighted by Crippen LogP contribution is -2.52. The minimum atomic E-state index is -3.08. The van der Waals surface area contributed by atoms with E-state index in [-0.39, 0.29) is 23.0 Å². The van der Waals surface area contributed by atoms with Crippen LogP contribution in [-0.4, -0.2) is 55.9 Å². The molecule has 2 aliphatic rings. The molecule has 2 aromatic carbocycles. The molecular weight excluding hydrogens is 512 g/mol. The first-order chi connectivity index (χ1) is 17.9. The van der Waals surface area contributed by atoms with Crippen LogP contribution in [0.25, 0.3) is 10.1 Å². The Hall–Kier alpha value is -3.96. The normalized spacial score (nSPS) is 16.4. The molecule has 37 heavy (non-hydrogen) atoms. The summed E-state index contributed by atoms with van der Waals surface area (Å²) in [5.74, 6) is 0.256. The van der Waals surface area contributed by atoms with E-state index in [2.05, 4.69) is 15.6 Å². The van der Waals surface area contributed by atoms with Gasteiger partial charge in [-0.1, -0.05) is 30.3 Å². The van der Waals surface area contributed by atoms with E-state index in [1.807, 2.05) is 58.8 Å². The monoisotopic (exact) mass is 534 g/mol. The van der Waals surface area contributed by atoms with Gasteiger partial charge in [-0.05, 0) is 24.3 Å². The first-order valence-electron chi connectivity index (χ1n) is 11.7. The second-order valence-electron chi connectivity index (χ2n) is 8.91. The molecule has 2 aromatic heterocycles. The van der Waals surface area contributed by atoms with Gasteiger partial charge in [-0.3, -0.25) is 9.59 Å². The number of carbonyl (C=O) groups excluding carboxylic acids is 2. The zero-order valence-corrected chi connectivity index (χ0v) is 21.1. The zero-order valence-electron chi connectivity index (χ0n) is 19.5. The van der Waals surface area contributed by atoms with Crippen molar-refractivity contribution in [1.82, 2.24) is 10.3 Å². The Bertz CT molecular complexity index is 1640. The molecule has 4 heterocycles. The fraction of sp³-hybridized carbons (Fsp3) is 0.192. The summed E-state index contributed by atoms with van der Waals surface area (Å²) in [4.78, 5) is 32.8. The minimum Gasteiger partial charge on any atom is -0.490 e. The van der Waals surface area contributed by atoms with Crippen molar-refractivity contribution >= 4 is 60.3 Å². The van der Waals surface area contributed by atoms with Crippen LogP contribution in [0.2, 0.25) is 0 Å². The number of benzene rings is 2. The number of carbonyl (C=O) groups is 2. The van der Waals surface area contributed by atoms with E-state index in [9.17, 15) is 18.0 Å². The standard InChI is InChI=1S/C26H22N4O5S2/c31-25(28-17-14-37(33,34)15-17)16-11-20(29-26(32)19-13-36-23-8-4-1-5-18(19)23)24(27-12-16)30-9-10-35-22-7-3-2-6-21(22)30/h1-8,11-13,17H,9-10,14-15H2,(H,28,31)(H,29,32). The average molecular weight is 535 g/mol. The van der Waals surface area contributed by atoms with Crippen LogP contribution in [-0.2, 0) is 9.84 Å². The van der Waals surface area contributed by atoms with Gasteiger partial charge in [0.25, 0.3) is 11.8 Å². The summed E-state index contributed by atoms with van der Waals surface area (Å²) >= 11 is 1.48. The van der Waals surface area contributed by atoms with Crippen molar-refractivity contribution in [3.8, 4) is 5.75 Å². The van der Waals surface area contributed by atoms with Crippen molar-refractivity contribution in [2.45, 2.75) is 6.04 Å². The molecule has 4 aromatic rings. The number of pyridine rings is 1. The van der Waals surface area contributed by atoms with Gasteiger partial charge in [0.05, 0.1) is 46.6 Å². The molecule has 0 radical (unpaired) electrons. The zero-order chi connectivity index (χ0) is 25.6. The molecule has 6 rings (SSSR count). The molecule has 11 heteroatoms. The van der Waals surface area contributed by atoms with Crippen molar-refractivity contribution in [3.63, 3.8) is 0 Å². The number of ether oxygens (including phenoxy) is 1. The van der Waals surface area contributed by atoms with Crippen molar-refractivity contribution in [3.05, 3.63) is 77.3 Å². The van der Waals surface area contributed by atoms with Crippen molar-refractivity contribution in [2.75, 3.05) is 34.9 Å². The molecule has 0 spiro atoms. The fourth-order valence-corrected chi connectivity index (χ4v) is 6.77. The third kappa shape index (κ3) is 4.51. The molecule has 0 saturated carbocycles. The molecule has 1 saturated heterocycles. The molecule has 9 nitrogen and oxygen atoms in total. The Morgan fingerprint density at radius 3 is 2.68 bits per heavy atom. The maximum Gasteiger partial charge on any atom is 0.257 e. The molecule has 0 atom stereocenters. The van der Waals surface area contributed by atoms with Gasteiger partial charge in [0.2, 0.25) is 0 Å². The van der Waals surface area contributed by atoms with Gasteiger partial charge in [-0.15, -0.1) is 11.3 Å². The highest BCUT2D eigenvalue weighted by Crippen LogP contribution is 2.39. The number of nitrogens with zero attached hydrogens (tertiary/aromatic N) is 2. The van der Waals surface area contributed by atoms with Gasteiger partial charge in [-0.25, -0.2) is 13.4 Å². The number of rotatable bonds is 5. The Morgan fingerprint density at radius 1 is 1.05 bits per heavy atom. The van der Waals surface area contributed by atoms with E-state index in [0.29, 0.717) is 36.0 Å². The van der Waals surface area contributed by atoms with Crippen molar-refractivity contribution in [1.29, 1.82) is 0 Å². The summed E-state index contributed by atoms with van der Waals surface area (Å²) < 4.78 is 29.8. The number of thiophene rings is 1. The molecule has 2 N–H and O–H groups in total. The average Bonchev–Trinajstić information content (AvgIpc) is 3.32. The summed E-state index contributed by atoms with van der Waals surface area (Å²) in [5, 5.41) is 8.36. The SMILES string of the molecule is O=C(NC1CS(=O)(=O)C1)c1cnc(N2CCOc3ccccc32)c(NC(=O)c2csc3ccccc23)c1. The second-order valence-corrected chi connectivity index (χ2v) is 12.0. The van der Waals surface area contributed by atoms with E-state index in [1.54, 1.807) is 6.07 Å². The highest BCUT2D eigenvalue weighted by Gasteiger charge is 2.35. The largest absolute Gasteiger partial charge is 0.490 e. The first-order valence-corrected chi connectivity index (χ1v) is 14.4. The van der Waals surface area contributed by atoms with Gasteiger partial charge in [0.1, 0.15) is 12.4 Å². The number of sulfone groups is 1. The topological polar surface area (TPSA) is 118 Å². The van der Waals surface area contributed by atoms with Gasteiger partial charge in [0, 0.05) is 21.7 Å². The fourth-order valence-electron chi connectivity index (χ4n) is 4.54. The number of para-hydroxylation sites is 2. The Labute approximate surface area is 217 Å². The summed E-state index contributed by atoms with van der Waals surface area (Å²) in [6, 6.07) is 16.4. The Morgan fingerprint density at radius 2 is 1.84 bits per heavy atom. The Balaban J connectivity index is 1.36. The van der Waals surface area contributed by atoms with Gasteiger partial charge < -0.3 is 20.3 Å². The summed E-state index contributed by atoms with van der Waals surface area (Å²) in [6.45, 7) is 0.930. The maximum absolute atomic E-state index is 13.4. The lowest BCUT2D eigenvalue weighted by Gasteiger charge is -2.31. The number of fused-ring (bicyclic) bond motifs is 2. The molecule has 2 amide bonds. The van der Waals surface area contributed by atoms with E-state index < -0.39 is 21.8 Å². The number of aromatic nitrogens is 1. The number of hydrogen-bond acceptors (Lipinski definition) is 8. The van der Waals surface area contributed by atoms with Gasteiger partial charge in [0.15, 0.2) is 15.7 Å². The van der Waals surface area contributed by atoms with Gasteiger partial charge >= 0.3 is 0 Å². The van der Waals surface area contributed by atoms with E-state index in [1.165, 1.54) is 17.5 Å². The van der Waals surface area contributed by atoms with Crippen LogP contribution in [0.3, 0.4) is 0 Å². The smallest absolute Gasteiger partial charge is 0.257 e. The van der Waals surface area contributed by atoms with Crippen LogP contribution >= 0.6 is 11.3 Å². The lowest BCUT2D eigenvalue weighted by molar-refractivity contribution is 0.0940. The number of amides is 2. The van der Waals surface area contributed by atoms with Crippen LogP contribution in [0.4, 0.5) is 17.2 Å². The molecule has 0 bridgehead atoms. The Kier molecular flexibility index (Phi) is 5.81. The summed E-state index contributed by atoms with van der Waals surface area (Å²) in [6.07, 6.45) is 1.44. The van der Waals surface area contributed by atoms with Crippen molar-refractivity contribution in [2.24, 2.45) is 0 Å². The van der Waals surface area contributed by atoms with Crippen LogP contribution in [0.1, 0.15) is 20.7 Å². The number of nitrogens with one attached hydrogen (secondary N) is 2. The highest BCUT2D eigenvalue weighted by molar-refractivity contribution is 7.92. The van der Waals surface area contributed by atoms with Crippen molar-refractivity contribution < 1.29 is 22.7 Å². The third-order valence-corrected chi connectivity index (χ3v) is 9.12. The molecule has 1 fully saturated rings. The molecule has 0 unspecified atom stereocenters. The molecular formula is C26H22N4O5S2. The highest BCUT2D eigenvalue weighted by atomic mass is 32.2. The predicted octanol–water partition coefficient (Wildman–Crippen LogP) is 3.61. The van der Waals surface area contributed by atoms with Crippen LogP contribution in [0, 0.1) is 0 Å². The third-order valence-electron chi connectivity index (χ3n) is 6.33. The second kappa shape index (κ2) is 9.16. The molecule has 188 valence electrons. The van der Waals surface area contributed by atoms with Crippen LogP contribution in [0.5, 0.6) is 5.75 Å². The van der Waals surface area contributed by atoms with E-state index in [4.69, 9.17) is 4.74 Å². The number of anilines is 3. The lowest BCUT2D eigenvalue weighted by atomic mass is 10.1. The van der Waals surface area contributed by atoms with Gasteiger partial charge in [-0.2, -0.15) is 0 Å². The molecule has 2 aliphatic heterocycles.